The lowest BCUT2D eigenvalue weighted by Gasteiger charge is -2.34. The van der Waals surface area contributed by atoms with Gasteiger partial charge >= 0.3 is 0 Å². The summed E-state index contributed by atoms with van der Waals surface area (Å²) in [6.07, 6.45) is 28.6. The first-order chi connectivity index (χ1) is 22.1. The first-order valence-corrected chi connectivity index (χ1v) is 16.6. The van der Waals surface area contributed by atoms with Crippen molar-refractivity contribution in [2.45, 2.75) is 65.0 Å². The number of hydrogen-bond acceptors (Lipinski definition) is 2. The fourth-order valence-electron chi connectivity index (χ4n) is 6.91. The first kappa shape index (κ1) is 30.5. The molecule has 6 rings (SSSR count). The van der Waals surface area contributed by atoms with Crippen LogP contribution in [0.25, 0.3) is 17.7 Å². The van der Waals surface area contributed by atoms with E-state index in [0.29, 0.717) is 12.0 Å². The lowest BCUT2D eigenvalue weighted by atomic mass is 9.91. The Morgan fingerprint density at radius 1 is 0.933 bits per heavy atom. The minimum Gasteiger partial charge on any atom is -0.334 e. The molecule has 0 amide bonds. The highest BCUT2D eigenvalue weighted by molar-refractivity contribution is 5.83. The maximum atomic E-state index is 4.10. The summed E-state index contributed by atoms with van der Waals surface area (Å²) in [6, 6.07) is 24.9. The van der Waals surface area contributed by atoms with Crippen molar-refractivity contribution in [3.63, 3.8) is 0 Å². The highest BCUT2D eigenvalue weighted by atomic mass is 15.2. The topological polar surface area (TPSA) is 6.48 Å². The molecule has 3 unspecified atom stereocenters. The fraction of sp³-hybridized carbons (Fsp3) is 0.256. The van der Waals surface area contributed by atoms with Gasteiger partial charge in [0.2, 0.25) is 0 Å². The van der Waals surface area contributed by atoms with Gasteiger partial charge in [0.1, 0.15) is 0 Å². The smallest absolute Gasteiger partial charge is 0.0588 e. The van der Waals surface area contributed by atoms with Crippen molar-refractivity contribution in [3.05, 3.63) is 156 Å². The Morgan fingerprint density at radius 2 is 1.76 bits per heavy atom. The quantitative estimate of drug-likeness (QED) is 0.171. The highest BCUT2D eigenvalue weighted by Crippen LogP contribution is 2.46. The van der Waals surface area contributed by atoms with E-state index in [4.69, 9.17) is 0 Å². The number of allylic oxidation sites excluding steroid dienone is 7. The molecule has 2 nitrogen and oxygen atoms in total. The van der Waals surface area contributed by atoms with Crippen LogP contribution in [0.2, 0.25) is 0 Å². The number of para-hydroxylation sites is 1. The van der Waals surface area contributed by atoms with Gasteiger partial charge in [0.15, 0.2) is 0 Å². The van der Waals surface area contributed by atoms with E-state index in [1.165, 1.54) is 57.9 Å². The second kappa shape index (κ2) is 13.6. The van der Waals surface area contributed by atoms with E-state index >= 15 is 0 Å². The standard InChI is InChI=1S/C43H46N2/c1-6-14-39-33(8-3)16-13-19-42(39)44(37-17-11-10-12-18-37)38-27-23-34(24-28-38)35-25-29-43-40(30-35)31(5)41(15-7-2)45(43)36(9-4)26-22-32-20-21-32/h6-19,22-27,29-32,38,41H,3,20-21,28H2,1-2,4-5H3/b14-6-,15-7?,26-22-,36-9+. The summed E-state index contributed by atoms with van der Waals surface area (Å²) in [5.41, 5.74) is 11.4. The monoisotopic (exact) mass is 590 g/mol. The normalized spacial score (nSPS) is 21.6. The molecule has 3 aromatic rings. The van der Waals surface area contributed by atoms with E-state index in [-0.39, 0.29) is 6.04 Å². The first-order valence-electron chi connectivity index (χ1n) is 16.6. The molecule has 0 N–H and O–H groups in total. The molecule has 3 aliphatic rings. The van der Waals surface area contributed by atoms with Gasteiger partial charge in [-0.05, 0) is 105 Å². The average molecular weight is 591 g/mol. The Bertz CT molecular complexity index is 1710. The summed E-state index contributed by atoms with van der Waals surface area (Å²) in [7, 11) is 0. The van der Waals surface area contributed by atoms with Crippen molar-refractivity contribution in [1.29, 1.82) is 0 Å². The minimum absolute atomic E-state index is 0.193. The number of nitrogens with zero attached hydrogens (tertiary/aromatic N) is 2. The van der Waals surface area contributed by atoms with Crippen molar-refractivity contribution in [3.8, 4) is 0 Å². The molecular weight excluding hydrogens is 544 g/mol. The Balaban J connectivity index is 1.32. The third-order valence-corrected chi connectivity index (χ3v) is 9.42. The van der Waals surface area contributed by atoms with Crippen LogP contribution >= 0.6 is 0 Å². The molecule has 2 heteroatoms. The van der Waals surface area contributed by atoms with Gasteiger partial charge in [-0.2, -0.15) is 0 Å². The molecule has 1 aliphatic heterocycles. The Kier molecular flexibility index (Phi) is 9.21. The predicted molar refractivity (Wildman–Crippen MR) is 197 cm³/mol. The highest BCUT2D eigenvalue weighted by Gasteiger charge is 2.36. The zero-order chi connectivity index (χ0) is 31.3. The summed E-state index contributed by atoms with van der Waals surface area (Å²) in [6.45, 7) is 12.9. The second-order valence-corrected chi connectivity index (χ2v) is 12.4. The van der Waals surface area contributed by atoms with Crippen molar-refractivity contribution in [2.24, 2.45) is 5.92 Å². The van der Waals surface area contributed by atoms with E-state index in [9.17, 15) is 0 Å². The molecule has 2 aliphatic carbocycles. The average Bonchev–Trinajstić information content (AvgIpc) is 3.87. The summed E-state index contributed by atoms with van der Waals surface area (Å²) in [4.78, 5) is 5.02. The molecule has 228 valence electrons. The van der Waals surface area contributed by atoms with Crippen LogP contribution in [0.15, 0.2) is 134 Å². The number of rotatable bonds is 10. The number of anilines is 3. The van der Waals surface area contributed by atoms with Crippen LogP contribution in [-0.2, 0) is 0 Å². The van der Waals surface area contributed by atoms with Gasteiger partial charge in [-0.15, -0.1) is 0 Å². The molecular formula is C43H46N2. The van der Waals surface area contributed by atoms with Gasteiger partial charge in [-0.1, -0.05) is 111 Å². The molecule has 0 bridgehead atoms. The van der Waals surface area contributed by atoms with E-state index < -0.39 is 0 Å². The van der Waals surface area contributed by atoms with Crippen LogP contribution in [0.5, 0.6) is 0 Å². The molecule has 0 radical (unpaired) electrons. The predicted octanol–water partition coefficient (Wildman–Crippen LogP) is 11.7. The molecule has 0 aromatic heterocycles. The minimum atomic E-state index is 0.193. The van der Waals surface area contributed by atoms with Crippen molar-refractivity contribution >= 4 is 34.8 Å². The molecule has 1 fully saturated rings. The summed E-state index contributed by atoms with van der Waals surface area (Å²) >= 11 is 0. The SMILES string of the molecule is C=Cc1cccc(N(c2ccccc2)C2C=CC(c3ccc4c(c3)C(C)C(C=CC)N4C(/C=C\C3CC3)=C/C)=CC2)c1/C=C\C. The van der Waals surface area contributed by atoms with Crippen molar-refractivity contribution in [2.75, 3.05) is 9.80 Å². The van der Waals surface area contributed by atoms with Gasteiger partial charge in [0.05, 0.1) is 12.1 Å². The van der Waals surface area contributed by atoms with E-state index in [1.54, 1.807) is 0 Å². The van der Waals surface area contributed by atoms with E-state index in [0.717, 1.165) is 17.9 Å². The van der Waals surface area contributed by atoms with Crippen LogP contribution in [0.3, 0.4) is 0 Å². The van der Waals surface area contributed by atoms with Gasteiger partial charge < -0.3 is 9.80 Å². The van der Waals surface area contributed by atoms with Gasteiger partial charge in [0.25, 0.3) is 0 Å². The van der Waals surface area contributed by atoms with Crippen molar-refractivity contribution in [1.82, 2.24) is 0 Å². The molecule has 45 heavy (non-hydrogen) atoms. The van der Waals surface area contributed by atoms with E-state index in [2.05, 4.69) is 172 Å². The maximum Gasteiger partial charge on any atom is 0.0588 e. The molecule has 1 heterocycles. The van der Waals surface area contributed by atoms with Crippen LogP contribution < -0.4 is 9.80 Å². The zero-order valence-electron chi connectivity index (χ0n) is 27.2. The number of fused-ring (bicyclic) bond motifs is 1. The lowest BCUT2D eigenvalue weighted by molar-refractivity contribution is 0.683. The third kappa shape index (κ3) is 6.20. The Morgan fingerprint density at radius 3 is 2.42 bits per heavy atom. The van der Waals surface area contributed by atoms with Crippen molar-refractivity contribution < 1.29 is 0 Å². The van der Waals surface area contributed by atoms with Crippen LogP contribution in [0.4, 0.5) is 17.1 Å². The summed E-state index contributed by atoms with van der Waals surface area (Å²) in [5.74, 6) is 1.16. The molecule has 0 spiro atoms. The van der Waals surface area contributed by atoms with Gasteiger partial charge in [-0.3, -0.25) is 0 Å². The summed E-state index contributed by atoms with van der Waals surface area (Å²) < 4.78 is 0. The molecule has 0 saturated heterocycles. The maximum absolute atomic E-state index is 4.10. The molecule has 3 aromatic carbocycles. The lowest BCUT2D eigenvalue weighted by Crippen LogP contribution is -2.30. The van der Waals surface area contributed by atoms with Gasteiger partial charge in [-0.25, -0.2) is 0 Å². The third-order valence-electron chi connectivity index (χ3n) is 9.42. The Labute approximate surface area is 270 Å². The molecule has 1 saturated carbocycles. The van der Waals surface area contributed by atoms with Crippen LogP contribution in [-0.4, -0.2) is 12.1 Å². The number of hydrogen-bond donors (Lipinski definition) is 0. The van der Waals surface area contributed by atoms with Crippen LogP contribution in [0, 0.1) is 5.92 Å². The Hall–Kier alpha value is -4.56. The fourth-order valence-corrected chi connectivity index (χ4v) is 6.91. The largest absolute Gasteiger partial charge is 0.334 e. The summed E-state index contributed by atoms with van der Waals surface area (Å²) in [5, 5.41) is 0. The van der Waals surface area contributed by atoms with Crippen LogP contribution in [0.1, 0.15) is 75.1 Å². The van der Waals surface area contributed by atoms with Gasteiger partial charge in [0, 0.05) is 34.2 Å². The van der Waals surface area contributed by atoms with E-state index in [1.807, 2.05) is 6.08 Å². The number of benzene rings is 3. The second-order valence-electron chi connectivity index (χ2n) is 12.4. The molecule has 3 atom stereocenters. The zero-order valence-corrected chi connectivity index (χ0v) is 27.2.